The Kier molecular flexibility index (Phi) is 3.61. The maximum atomic E-state index is 13.9. The van der Waals surface area contributed by atoms with E-state index in [1.807, 2.05) is 24.3 Å². The summed E-state index contributed by atoms with van der Waals surface area (Å²) in [5.41, 5.74) is 4.00. The molecule has 4 rings (SSSR count). The number of nitrogens with zero attached hydrogens (tertiary/aromatic N) is 3. The van der Waals surface area contributed by atoms with Gasteiger partial charge in [-0.15, -0.1) is 0 Å². The largest absolute Gasteiger partial charge is 0.300 e. The number of aliphatic imine (C=N–C) groups is 1. The van der Waals surface area contributed by atoms with Gasteiger partial charge in [-0.25, -0.2) is 9.37 Å². The topological polar surface area (TPSA) is 47.2 Å². The highest BCUT2D eigenvalue weighted by Gasteiger charge is 2.22. The Bertz CT molecular complexity index is 994. The van der Waals surface area contributed by atoms with Gasteiger partial charge in [0.1, 0.15) is 17.8 Å². The molecule has 0 amide bonds. The third-order valence-corrected chi connectivity index (χ3v) is 4.69. The first-order valence-electron chi connectivity index (χ1n) is 7.30. The van der Waals surface area contributed by atoms with Gasteiger partial charge in [0.25, 0.3) is 0 Å². The minimum absolute atomic E-state index is 0.293. The van der Waals surface area contributed by atoms with E-state index in [2.05, 4.69) is 25.9 Å². The third kappa shape index (κ3) is 2.30. The first-order valence-corrected chi connectivity index (χ1v) is 8.09. The van der Waals surface area contributed by atoms with E-state index in [-0.39, 0.29) is 5.82 Å². The maximum absolute atomic E-state index is 13.9. The molecule has 118 valence electrons. The van der Waals surface area contributed by atoms with Crippen molar-refractivity contribution in [2.75, 3.05) is 0 Å². The van der Waals surface area contributed by atoms with Crippen LogP contribution in [0.25, 0.3) is 5.69 Å². The van der Waals surface area contributed by atoms with Gasteiger partial charge in [-0.05, 0) is 24.3 Å². The van der Waals surface area contributed by atoms with Gasteiger partial charge in [0.15, 0.2) is 6.29 Å². The number of hydrogen-bond donors (Lipinski definition) is 0. The lowest BCUT2D eigenvalue weighted by molar-refractivity contribution is 0.111. The molecule has 0 radical (unpaired) electrons. The van der Waals surface area contributed by atoms with Crippen LogP contribution in [0, 0.1) is 5.82 Å². The van der Waals surface area contributed by atoms with Gasteiger partial charge in [0.2, 0.25) is 0 Å². The average molecular weight is 384 g/mol. The maximum Gasteiger partial charge on any atom is 0.170 e. The molecular weight excluding hydrogens is 373 g/mol. The van der Waals surface area contributed by atoms with Crippen molar-refractivity contribution in [1.82, 2.24) is 9.55 Å². The van der Waals surface area contributed by atoms with Crippen LogP contribution in [0.3, 0.4) is 0 Å². The highest BCUT2D eigenvalue weighted by atomic mass is 79.9. The van der Waals surface area contributed by atoms with Gasteiger partial charge in [0.05, 0.1) is 23.6 Å². The fourth-order valence-electron chi connectivity index (χ4n) is 2.88. The van der Waals surface area contributed by atoms with Crippen LogP contribution in [-0.2, 0) is 6.54 Å². The Labute approximate surface area is 145 Å². The van der Waals surface area contributed by atoms with Crippen LogP contribution in [0.2, 0.25) is 0 Å². The molecule has 2 heterocycles. The average Bonchev–Trinajstić information content (AvgIpc) is 2.92. The smallest absolute Gasteiger partial charge is 0.170 e. The summed E-state index contributed by atoms with van der Waals surface area (Å²) in [6, 6.07) is 12.2. The zero-order valence-corrected chi connectivity index (χ0v) is 14.0. The molecule has 2 aromatic carbocycles. The Morgan fingerprint density at radius 1 is 1.17 bits per heavy atom. The number of carbonyl (C=O) groups excluding carboxylic acids is 1. The van der Waals surface area contributed by atoms with Crippen molar-refractivity contribution in [3.05, 3.63) is 81.6 Å². The molecule has 6 heteroatoms. The Balaban J connectivity index is 2.02. The summed E-state index contributed by atoms with van der Waals surface area (Å²) in [7, 11) is 0. The molecule has 0 N–H and O–H groups in total. The van der Waals surface area contributed by atoms with Crippen LogP contribution in [0.15, 0.2) is 58.3 Å². The van der Waals surface area contributed by atoms with Crippen molar-refractivity contribution >= 4 is 27.9 Å². The normalized spacial score (nSPS) is 12.8. The number of imidazole rings is 1. The third-order valence-electron chi connectivity index (χ3n) is 4.00. The molecule has 0 saturated heterocycles. The van der Waals surface area contributed by atoms with E-state index >= 15 is 0 Å². The summed E-state index contributed by atoms with van der Waals surface area (Å²) in [6.07, 6.45) is 2.29. The highest BCUT2D eigenvalue weighted by Crippen LogP contribution is 2.29. The number of halogens is 2. The number of benzene rings is 2. The molecular formula is C18H11BrFN3O. The van der Waals surface area contributed by atoms with Crippen LogP contribution in [-0.4, -0.2) is 21.5 Å². The van der Waals surface area contributed by atoms with E-state index in [1.165, 1.54) is 12.1 Å². The Morgan fingerprint density at radius 3 is 2.79 bits per heavy atom. The Hall–Kier alpha value is -2.60. The van der Waals surface area contributed by atoms with Gasteiger partial charge < -0.3 is 0 Å². The summed E-state index contributed by atoms with van der Waals surface area (Å²) >= 11 is 3.53. The molecule has 0 saturated carbocycles. The van der Waals surface area contributed by atoms with Crippen LogP contribution < -0.4 is 0 Å². The fourth-order valence-corrected chi connectivity index (χ4v) is 3.35. The van der Waals surface area contributed by atoms with Gasteiger partial charge in [-0.3, -0.25) is 14.4 Å². The van der Waals surface area contributed by atoms with Gasteiger partial charge in [-0.2, -0.15) is 0 Å². The molecule has 24 heavy (non-hydrogen) atoms. The minimum atomic E-state index is -0.340. The van der Waals surface area contributed by atoms with Crippen molar-refractivity contribution in [2.24, 2.45) is 4.99 Å². The van der Waals surface area contributed by atoms with Crippen LogP contribution in [0.4, 0.5) is 4.39 Å². The summed E-state index contributed by atoms with van der Waals surface area (Å²) < 4.78 is 16.6. The number of aldehydes is 1. The molecule has 0 spiro atoms. The van der Waals surface area contributed by atoms with Crippen LogP contribution >= 0.6 is 15.9 Å². The highest BCUT2D eigenvalue weighted by molar-refractivity contribution is 9.10. The molecule has 4 nitrogen and oxygen atoms in total. The summed E-state index contributed by atoms with van der Waals surface area (Å²) in [5, 5.41) is 0. The Morgan fingerprint density at radius 2 is 2.00 bits per heavy atom. The number of rotatable bonds is 2. The van der Waals surface area contributed by atoms with Crippen molar-refractivity contribution in [3.8, 4) is 5.69 Å². The zero-order valence-electron chi connectivity index (χ0n) is 12.4. The predicted molar refractivity (Wildman–Crippen MR) is 92.4 cm³/mol. The van der Waals surface area contributed by atoms with Gasteiger partial charge in [-0.1, -0.05) is 34.1 Å². The van der Waals surface area contributed by atoms with Crippen molar-refractivity contribution in [2.45, 2.75) is 6.54 Å². The lowest BCUT2D eigenvalue weighted by Crippen LogP contribution is -2.08. The molecule has 1 aliphatic rings. The first-order chi connectivity index (χ1) is 11.7. The second-order valence-electron chi connectivity index (χ2n) is 5.37. The molecule has 0 bridgehead atoms. The van der Waals surface area contributed by atoms with Crippen molar-refractivity contribution in [1.29, 1.82) is 0 Å². The number of fused-ring (bicyclic) bond motifs is 3. The minimum Gasteiger partial charge on any atom is -0.300 e. The summed E-state index contributed by atoms with van der Waals surface area (Å²) in [5.74, 6) is -0.340. The number of aromatic nitrogens is 2. The first kappa shape index (κ1) is 15.0. The zero-order chi connectivity index (χ0) is 16.7. The second kappa shape index (κ2) is 5.79. The lowest BCUT2D eigenvalue weighted by Gasteiger charge is -2.12. The van der Waals surface area contributed by atoms with E-state index in [0.717, 1.165) is 15.7 Å². The molecule has 1 aliphatic heterocycles. The van der Waals surface area contributed by atoms with Crippen molar-refractivity contribution < 1.29 is 9.18 Å². The fraction of sp³-hybridized carbons (Fsp3) is 0.0556. The molecule has 0 atom stereocenters. The quantitative estimate of drug-likeness (QED) is 0.629. The van der Waals surface area contributed by atoms with Crippen molar-refractivity contribution in [3.63, 3.8) is 0 Å². The lowest BCUT2D eigenvalue weighted by atomic mass is 10.0. The van der Waals surface area contributed by atoms with E-state index in [0.29, 0.717) is 35.5 Å². The standard InChI is InChI=1S/C18H11BrFN3O/c19-14-4-2-1-3-12(14)18-13-7-11(20)5-6-16(13)23-10-22-15(9-24)17(23)8-21-18/h1-7,9-10H,8H2. The monoisotopic (exact) mass is 383 g/mol. The van der Waals surface area contributed by atoms with E-state index in [1.54, 1.807) is 17.0 Å². The van der Waals surface area contributed by atoms with E-state index in [4.69, 9.17) is 0 Å². The molecule has 0 fully saturated rings. The predicted octanol–water partition coefficient (Wildman–Crippen LogP) is 3.94. The van der Waals surface area contributed by atoms with E-state index < -0.39 is 0 Å². The molecule has 0 aliphatic carbocycles. The summed E-state index contributed by atoms with van der Waals surface area (Å²) in [6.45, 7) is 0.293. The van der Waals surface area contributed by atoms with Crippen LogP contribution in [0.1, 0.15) is 27.3 Å². The number of hydrogen-bond acceptors (Lipinski definition) is 3. The van der Waals surface area contributed by atoms with Gasteiger partial charge >= 0.3 is 0 Å². The molecule has 1 aromatic heterocycles. The van der Waals surface area contributed by atoms with Crippen LogP contribution in [0.5, 0.6) is 0 Å². The molecule has 3 aromatic rings. The van der Waals surface area contributed by atoms with E-state index in [9.17, 15) is 9.18 Å². The SMILES string of the molecule is O=Cc1ncn2c1CN=C(c1ccccc1Br)c1cc(F)ccc1-2. The van der Waals surface area contributed by atoms with Gasteiger partial charge in [0, 0.05) is 15.6 Å². The second-order valence-corrected chi connectivity index (χ2v) is 6.22. The molecule has 0 unspecified atom stereocenters. The summed E-state index contributed by atoms with van der Waals surface area (Å²) in [4.78, 5) is 20.0. The number of carbonyl (C=O) groups is 1.